The number of rotatable bonds is 12. The number of benzene rings is 2. The highest BCUT2D eigenvalue weighted by Gasteiger charge is 2.19. The van der Waals surface area contributed by atoms with E-state index < -0.39 is 23.4 Å². The zero-order valence-corrected chi connectivity index (χ0v) is 18.6. The van der Waals surface area contributed by atoms with Crippen molar-refractivity contribution >= 4 is 23.3 Å². The molecule has 9 heteroatoms. The number of amides is 1. The van der Waals surface area contributed by atoms with Crippen molar-refractivity contribution in [1.82, 2.24) is 5.32 Å². The lowest BCUT2D eigenvalue weighted by atomic mass is 10.0. The Labute approximate surface area is 187 Å². The van der Waals surface area contributed by atoms with Gasteiger partial charge in [-0.2, -0.15) is 0 Å². The Kier molecular flexibility index (Phi) is 9.62. The maximum atomic E-state index is 12.2. The molecule has 0 aromatic heterocycles. The number of anilines is 1. The summed E-state index contributed by atoms with van der Waals surface area (Å²) in [6, 6.07) is 12.2. The van der Waals surface area contributed by atoms with Crippen molar-refractivity contribution in [3.63, 3.8) is 0 Å². The fraction of sp³-hybridized carbons (Fsp3) is 0.391. The van der Waals surface area contributed by atoms with Gasteiger partial charge in [-0.15, -0.1) is 0 Å². The summed E-state index contributed by atoms with van der Waals surface area (Å²) in [4.78, 5) is 34.9. The van der Waals surface area contributed by atoms with Gasteiger partial charge in [0.1, 0.15) is 5.69 Å². The number of esters is 1. The number of nitrogens with one attached hydrogen (secondary N) is 2. The fourth-order valence-electron chi connectivity index (χ4n) is 2.93. The summed E-state index contributed by atoms with van der Waals surface area (Å²) in [6.45, 7) is 4.95. The molecule has 0 aliphatic rings. The highest BCUT2D eigenvalue weighted by Crippen LogP contribution is 2.25. The standard InChI is InChI=1S/C23H29N3O6/c1-16(2)18-6-4-17(5-7-18)10-11-25-22(27)15-32-23(28)19-8-9-20(24-12-13-31-3)21(14-19)26(29)30/h4-9,14,16,24H,10-13,15H2,1-3H3,(H,25,27). The van der Waals surface area contributed by atoms with Crippen LogP contribution in [0.4, 0.5) is 11.4 Å². The molecule has 0 aliphatic carbocycles. The summed E-state index contributed by atoms with van der Waals surface area (Å²) in [5.74, 6) is -0.788. The summed E-state index contributed by atoms with van der Waals surface area (Å²) >= 11 is 0. The molecule has 0 saturated carbocycles. The number of methoxy groups -OCH3 is 1. The first-order chi connectivity index (χ1) is 15.3. The first-order valence-corrected chi connectivity index (χ1v) is 10.4. The highest BCUT2D eigenvalue weighted by molar-refractivity contribution is 5.93. The van der Waals surface area contributed by atoms with Crippen LogP contribution in [0.5, 0.6) is 0 Å². The van der Waals surface area contributed by atoms with Gasteiger partial charge < -0.3 is 20.1 Å². The van der Waals surface area contributed by atoms with Crippen LogP contribution >= 0.6 is 0 Å². The molecule has 1 amide bonds. The lowest BCUT2D eigenvalue weighted by Gasteiger charge is -2.09. The quantitative estimate of drug-likeness (QED) is 0.223. The second kappa shape index (κ2) is 12.4. The lowest BCUT2D eigenvalue weighted by Crippen LogP contribution is -2.30. The van der Waals surface area contributed by atoms with Gasteiger partial charge >= 0.3 is 5.97 Å². The normalized spacial score (nSPS) is 10.6. The SMILES string of the molecule is COCCNc1ccc(C(=O)OCC(=O)NCCc2ccc(C(C)C)cc2)cc1[N+](=O)[O-]. The van der Waals surface area contributed by atoms with Crippen molar-refractivity contribution < 1.29 is 24.0 Å². The number of hydrogen-bond acceptors (Lipinski definition) is 7. The van der Waals surface area contributed by atoms with Gasteiger partial charge in [0.05, 0.1) is 17.1 Å². The van der Waals surface area contributed by atoms with Crippen molar-refractivity contribution in [2.24, 2.45) is 0 Å². The molecule has 2 rings (SSSR count). The summed E-state index contributed by atoms with van der Waals surface area (Å²) < 4.78 is 9.90. The smallest absolute Gasteiger partial charge is 0.338 e. The van der Waals surface area contributed by atoms with E-state index in [-0.39, 0.29) is 16.9 Å². The van der Waals surface area contributed by atoms with Crippen LogP contribution in [-0.2, 0) is 20.7 Å². The summed E-state index contributed by atoms with van der Waals surface area (Å²) in [5, 5.41) is 16.9. The fourth-order valence-corrected chi connectivity index (χ4v) is 2.93. The highest BCUT2D eigenvalue weighted by atomic mass is 16.6. The largest absolute Gasteiger partial charge is 0.452 e. The molecule has 0 fully saturated rings. The number of nitrogens with zero attached hydrogens (tertiary/aromatic N) is 1. The number of carbonyl (C=O) groups is 2. The maximum absolute atomic E-state index is 12.2. The van der Waals surface area contributed by atoms with E-state index in [0.29, 0.717) is 32.0 Å². The molecule has 32 heavy (non-hydrogen) atoms. The van der Waals surface area contributed by atoms with Crippen molar-refractivity contribution in [3.8, 4) is 0 Å². The van der Waals surface area contributed by atoms with Gasteiger partial charge in [-0.1, -0.05) is 38.1 Å². The molecule has 2 aromatic carbocycles. The summed E-state index contributed by atoms with van der Waals surface area (Å²) in [7, 11) is 1.52. The van der Waals surface area contributed by atoms with Crippen molar-refractivity contribution in [2.45, 2.75) is 26.2 Å². The monoisotopic (exact) mass is 443 g/mol. The molecule has 0 spiro atoms. The third-order valence-corrected chi connectivity index (χ3v) is 4.77. The number of ether oxygens (including phenoxy) is 2. The van der Waals surface area contributed by atoms with Crippen LogP contribution in [0.1, 0.15) is 41.3 Å². The Balaban J connectivity index is 1.82. The second-order valence-corrected chi connectivity index (χ2v) is 7.48. The molecule has 0 heterocycles. The number of carbonyl (C=O) groups excluding carboxylic acids is 2. The van der Waals surface area contributed by atoms with E-state index >= 15 is 0 Å². The van der Waals surface area contributed by atoms with Gasteiger partial charge in [-0.25, -0.2) is 4.79 Å². The first-order valence-electron chi connectivity index (χ1n) is 10.4. The molecule has 0 unspecified atom stereocenters. The summed E-state index contributed by atoms with van der Waals surface area (Å²) in [6.07, 6.45) is 0.655. The molecule has 0 aliphatic heterocycles. The van der Waals surface area contributed by atoms with Gasteiger partial charge in [0, 0.05) is 26.3 Å². The topological polar surface area (TPSA) is 120 Å². The minimum atomic E-state index is -0.809. The first kappa shape index (κ1) is 24.8. The van der Waals surface area contributed by atoms with Gasteiger partial charge in [0.25, 0.3) is 11.6 Å². The molecule has 0 saturated heterocycles. The third-order valence-electron chi connectivity index (χ3n) is 4.77. The van der Waals surface area contributed by atoms with Crippen LogP contribution in [0.2, 0.25) is 0 Å². The number of nitro groups is 1. The van der Waals surface area contributed by atoms with Gasteiger partial charge in [-0.05, 0) is 35.6 Å². The van der Waals surface area contributed by atoms with E-state index in [0.717, 1.165) is 11.6 Å². The van der Waals surface area contributed by atoms with Gasteiger partial charge in [-0.3, -0.25) is 14.9 Å². The minimum Gasteiger partial charge on any atom is -0.452 e. The number of hydrogen-bond donors (Lipinski definition) is 2. The van der Waals surface area contributed by atoms with E-state index in [1.54, 1.807) is 0 Å². The molecular weight excluding hydrogens is 414 g/mol. The average molecular weight is 444 g/mol. The zero-order chi connectivity index (χ0) is 23.5. The Bertz CT molecular complexity index is 928. The van der Waals surface area contributed by atoms with E-state index in [1.807, 2.05) is 12.1 Å². The molecule has 0 bridgehead atoms. The minimum absolute atomic E-state index is 0.00738. The molecule has 0 radical (unpaired) electrons. The molecule has 9 nitrogen and oxygen atoms in total. The van der Waals surface area contributed by atoms with Gasteiger partial charge in [0.15, 0.2) is 6.61 Å². The molecule has 172 valence electrons. The maximum Gasteiger partial charge on any atom is 0.338 e. The van der Waals surface area contributed by atoms with E-state index in [4.69, 9.17) is 9.47 Å². The van der Waals surface area contributed by atoms with Crippen LogP contribution in [0.25, 0.3) is 0 Å². The Morgan fingerprint density at radius 1 is 1.09 bits per heavy atom. The second-order valence-electron chi connectivity index (χ2n) is 7.48. The number of nitro benzene ring substituents is 1. The zero-order valence-electron chi connectivity index (χ0n) is 18.6. The van der Waals surface area contributed by atoms with Crippen LogP contribution < -0.4 is 10.6 Å². The Morgan fingerprint density at radius 2 is 1.81 bits per heavy atom. The van der Waals surface area contributed by atoms with Crippen LogP contribution in [0.3, 0.4) is 0 Å². The van der Waals surface area contributed by atoms with Crippen LogP contribution in [-0.4, -0.2) is 50.2 Å². The van der Waals surface area contributed by atoms with E-state index in [1.165, 1.54) is 24.8 Å². The van der Waals surface area contributed by atoms with Crippen molar-refractivity contribution in [3.05, 3.63) is 69.3 Å². The van der Waals surface area contributed by atoms with Crippen molar-refractivity contribution in [2.75, 3.05) is 38.7 Å². The van der Waals surface area contributed by atoms with Crippen LogP contribution in [0.15, 0.2) is 42.5 Å². The van der Waals surface area contributed by atoms with Crippen molar-refractivity contribution in [1.29, 1.82) is 0 Å². The average Bonchev–Trinajstić information content (AvgIpc) is 2.78. The van der Waals surface area contributed by atoms with E-state index in [9.17, 15) is 19.7 Å². The Hall–Kier alpha value is -3.46. The molecule has 2 N–H and O–H groups in total. The lowest BCUT2D eigenvalue weighted by molar-refractivity contribution is -0.384. The molecule has 0 atom stereocenters. The molecule has 2 aromatic rings. The predicted octanol–water partition coefficient (Wildman–Crippen LogP) is 3.29. The van der Waals surface area contributed by atoms with Crippen LogP contribution in [0, 0.1) is 10.1 Å². The predicted molar refractivity (Wildman–Crippen MR) is 121 cm³/mol. The van der Waals surface area contributed by atoms with Gasteiger partial charge in [0.2, 0.25) is 0 Å². The van der Waals surface area contributed by atoms with E-state index in [2.05, 4.69) is 36.6 Å². The molecular formula is C23H29N3O6. The summed E-state index contributed by atoms with van der Waals surface area (Å²) in [5.41, 5.74) is 2.35. The third kappa shape index (κ3) is 7.66. The Morgan fingerprint density at radius 3 is 2.44 bits per heavy atom.